The summed E-state index contributed by atoms with van der Waals surface area (Å²) in [5, 5.41) is 2.83. The van der Waals surface area contributed by atoms with E-state index >= 15 is 0 Å². The van der Waals surface area contributed by atoms with Crippen LogP contribution in [0.25, 0.3) is 0 Å². The number of nitrogens with one attached hydrogen (secondary N) is 1. The van der Waals surface area contributed by atoms with E-state index in [0.717, 1.165) is 0 Å². The summed E-state index contributed by atoms with van der Waals surface area (Å²) in [5.41, 5.74) is 0.501. The van der Waals surface area contributed by atoms with E-state index in [1.807, 2.05) is 0 Å². The Labute approximate surface area is 133 Å². The summed E-state index contributed by atoms with van der Waals surface area (Å²) in [4.78, 5) is 0. The van der Waals surface area contributed by atoms with E-state index in [2.05, 4.69) is 18.6 Å². The number of hydrogen-bond donors (Lipinski definition) is 1. The molecule has 0 radical (unpaired) electrons. The van der Waals surface area contributed by atoms with E-state index in [4.69, 9.17) is 56.2 Å². The Morgan fingerprint density at radius 3 is 1.89 bits per heavy atom. The summed E-state index contributed by atoms with van der Waals surface area (Å²) < 4.78 is 24.6. The van der Waals surface area contributed by atoms with Gasteiger partial charge in [0, 0.05) is 5.69 Å². The van der Waals surface area contributed by atoms with Crippen LogP contribution in [0.3, 0.4) is 0 Å². The highest BCUT2D eigenvalue weighted by Gasteiger charge is 2.32. The summed E-state index contributed by atoms with van der Waals surface area (Å²) in [5.74, 6) is -6.50. The first kappa shape index (κ1) is 16.5. The maximum Gasteiger partial charge on any atom is 0.261 e. The monoisotopic (exact) mass is 420 g/mol. The van der Waals surface area contributed by atoms with Gasteiger partial charge in [0.2, 0.25) is 0 Å². The van der Waals surface area contributed by atoms with Gasteiger partial charge in [-0.2, -0.15) is 13.5 Å². The highest BCUT2D eigenvalue weighted by molar-refractivity contribution is 8.22. The van der Waals surface area contributed by atoms with Crippen molar-refractivity contribution < 1.29 is 4.39 Å². The molecule has 106 valence electrons. The van der Waals surface area contributed by atoms with Crippen molar-refractivity contribution in [2.75, 3.05) is 5.09 Å². The zero-order valence-corrected chi connectivity index (χ0v) is 15.2. The topological polar surface area (TPSA) is 49.1 Å². The largest absolute Gasteiger partial charge is 0.323 e. The van der Waals surface area contributed by atoms with Crippen molar-refractivity contribution in [3.8, 4) is 0 Å². The maximum absolute atomic E-state index is 12.8. The molecule has 0 fully saturated rings. The molecule has 13 heteroatoms. The fourth-order valence-corrected chi connectivity index (χ4v) is 18.3. The first-order chi connectivity index (χ1) is 8.59. The van der Waals surface area contributed by atoms with Crippen molar-refractivity contribution in [3.63, 3.8) is 0 Å². The molecule has 0 saturated carbocycles. The van der Waals surface area contributed by atoms with Crippen LogP contribution >= 0.6 is 74.7 Å². The van der Waals surface area contributed by atoms with Crippen molar-refractivity contribution in [1.29, 1.82) is 0 Å². The van der Waals surface area contributed by atoms with Gasteiger partial charge >= 0.3 is 0 Å². The third-order valence-corrected chi connectivity index (χ3v) is 14.0. The second-order valence-corrected chi connectivity index (χ2v) is 16.7. The molecular weight excluding hydrogens is 417 g/mol. The van der Waals surface area contributed by atoms with E-state index in [1.54, 1.807) is 0 Å². The minimum absolute atomic E-state index is 0.381. The molecule has 1 aliphatic rings. The number of benzene rings is 1. The lowest BCUT2D eigenvalue weighted by molar-refractivity contribution is 0.628. The van der Waals surface area contributed by atoms with Gasteiger partial charge in [0.25, 0.3) is 18.5 Å². The third kappa shape index (κ3) is 4.80. The van der Waals surface area contributed by atoms with Crippen LogP contribution in [0.5, 0.6) is 0 Å². The van der Waals surface area contributed by atoms with Gasteiger partial charge in [-0.05, 0) is 80.5 Å². The average molecular weight is 422 g/mol. The lowest BCUT2D eigenvalue weighted by Gasteiger charge is -2.22. The second-order valence-electron chi connectivity index (χ2n) is 3.32. The first-order valence-corrected chi connectivity index (χ1v) is 14.1. The molecule has 2 rings (SSSR count). The smallest absolute Gasteiger partial charge is 0.261 e. The van der Waals surface area contributed by atoms with Crippen molar-refractivity contribution in [2.24, 2.45) is 13.5 Å². The SMILES string of the molecule is Fc1ccc(NP2(Cl)=NP(Cl)(Cl)=NP(Cl)(Cl)=N2)cc1. The Bertz CT molecular complexity index is 654. The quantitative estimate of drug-likeness (QED) is 0.479. The molecule has 0 spiro atoms. The summed E-state index contributed by atoms with van der Waals surface area (Å²) in [6.07, 6.45) is 0. The lowest BCUT2D eigenvalue weighted by Crippen LogP contribution is -1.90. The molecule has 0 saturated heterocycles. The summed E-state index contributed by atoms with van der Waals surface area (Å²) in [6.45, 7) is -3.02. The maximum atomic E-state index is 12.8. The van der Waals surface area contributed by atoms with E-state index in [0.29, 0.717) is 5.69 Å². The Morgan fingerprint density at radius 2 is 1.37 bits per heavy atom. The van der Waals surface area contributed by atoms with Gasteiger partial charge in [0.15, 0.2) is 0 Å². The van der Waals surface area contributed by atoms with E-state index in [9.17, 15) is 4.39 Å². The minimum atomic E-state index is -3.06. The molecule has 4 nitrogen and oxygen atoms in total. The molecule has 0 aliphatic carbocycles. The number of nitrogens with zero attached hydrogens (tertiary/aromatic N) is 3. The van der Waals surface area contributed by atoms with Crippen molar-refractivity contribution in [3.05, 3.63) is 30.1 Å². The van der Waals surface area contributed by atoms with Gasteiger partial charge in [-0.1, -0.05) is 0 Å². The van der Waals surface area contributed by atoms with Crippen LogP contribution in [0, 0.1) is 5.82 Å². The summed E-state index contributed by atoms with van der Waals surface area (Å²) >= 11 is 29.9. The molecular formula is C6H5Cl5FN4P3. The molecule has 0 amide bonds. The molecule has 1 N–H and O–H groups in total. The van der Waals surface area contributed by atoms with E-state index in [-0.39, 0.29) is 5.82 Å². The molecule has 1 aromatic carbocycles. The van der Waals surface area contributed by atoms with Crippen LogP contribution in [-0.2, 0) is 0 Å². The van der Waals surface area contributed by atoms with Crippen molar-refractivity contribution in [2.45, 2.75) is 0 Å². The van der Waals surface area contributed by atoms with Crippen LogP contribution in [-0.4, -0.2) is 0 Å². The molecule has 1 unspecified atom stereocenters. The van der Waals surface area contributed by atoms with Crippen molar-refractivity contribution in [1.82, 2.24) is 0 Å². The van der Waals surface area contributed by atoms with Gasteiger partial charge in [-0.15, -0.1) is 0 Å². The van der Waals surface area contributed by atoms with E-state index in [1.165, 1.54) is 24.3 Å². The predicted octanol–water partition coefficient (Wildman–Crippen LogP) is 8.28. The predicted molar refractivity (Wildman–Crippen MR) is 87.3 cm³/mol. The summed E-state index contributed by atoms with van der Waals surface area (Å²) in [7, 11) is 0. The van der Waals surface area contributed by atoms with Crippen LogP contribution in [0.1, 0.15) is 0 Å². The van der Waals surface area contributed by atoms with Gasteiger partial charge < -0.3 is 5.09 Å². The average Bonchev–Trinajstić information content (AvgIpc) is 2.15. The fraction of sp³-hybridized carbons (Fsp3) is 0. The number of halogens is 6. The second kappa shape index (κ2) is 5.71. The van der Waals surface area contributed by atoms with Gasteiger partial charge in [0.05, 0.1) is 0 Å². The third-order valence-electron chi connectivity index (χ3n) is 1.78. The summed E-state index contributed by atoms with van der Waals surface area (Å²) in [6, 6.07) is 5.46. The van der Waals surface area contributed by atoms with Crippen molar-refractivity contribution >= 4 is 80.4 Å². The minimum Gasteiger partial charge on any atom is -0.323 e. The Hall–Kier alpha value is 1.09. The fourth-order valence-electron chi connectivity index (χ4n) is 1.20. The van der Waals surface area contributed by atoms with E-state index < -0.39 is 18.5 Å². The Balaban J connectivity index is 2.44. The van der Waals surface area contributed by atoms with Gasteiger partial charge in [-0.25, -0.2) is 4.39 Å². The zero-order valence-electron chi connectivity index (χ0n) is 8.76. The van der Waals surface area contributed by atoms with Gasteiger partial charge in [-0.3, -0.25) is 0 Å². The van der Waals surface area contributed by atoms with Crippen LogP contribution in [0.15, 0.2) is 37.8 Å². The lowest BCUT2D eigenvalue weighted by atomic mass is 10.3. The molecule has 1 atom stereocenters. The highest BCUT2D eigenvalue weighted by Crippen LogP contribution is 2.86. The Kier molecular flexibility index (Phi) is 4.94. The zero-order chi connectivity index (χ0) is 14.3. The van der Waals surface area contributed by atoms with Crippen LogP contribution in [0.2, 0.25) is 0 Å². The first-order valence-electron chi connectivity index (χ1n) is 4.53. The molecule has 19 heavy (non-hydrogen) atoms. The van der Waals surface area contributed by atoms with Crippen LogP contribution < -0.4 is 5.09 Å². The standard InChI is InChI=1S/C6H5Cl5FN4P3/c7-17(8)14-18(9,10)16-19(11,15-17)13-6-3-1-5(12)2-4-6/h1-4,13H. The molecule has 1 aliphatic heterocycles. The molecule has 1 heterocycles. The normalized spacial score (nSPS) is 27.7. The van der Waals surface area contributed by atoms with Crippen LogP contribution in [0.4, 0.5) is 10.1 Å². The number of rotatable bonds is 2. The van der Waals surface area contributed by atoms with Gasteiger partial charge in [0.1, 0.15) is 5.82 Å². The highest BCUT2D eigenvalue weighted by atomic mass is 35.9. The molecule has 0 aromatic heterocycles. The number of hydrogen-bond acceptors (Lipinski definition) is 4. The molecule has 0 bridgehead atoms. The Morgan fingerprint density at radius 1 is 0.842 bits per heavy atom. The molecule has 1 aromatic rings. The number of anilines is 1.